The van der Waals surface area contributed by atoms with Crippen LogP contribution in [0.2, 0.25) is 0 Å². The van der Waals surface area contributed by atoms with Gasteiger partial charge < -0.3 is 14.4 Å². The number of aliphatic imine (C=N–C) groups is 1. The molecule has 90 valence electrons. The molecule has 0 radical (unpaired) electrons. The van der Waals surface area contributed by atoms with Crippen molar-refractivity contribution in [2.75, 3.05) is 13.7 Å². The van der Waals surface area contributed by atoms with Gasteiger partial charge in [-0.05, 0) is 5.57 Å². The molecule has 2 rings (SSSR count). The molecule has 2 heterocycles. The zero-order valence-corrected chi connectivity index (χ0v) is 9.57. The Balaban J connectivity index is 2.16. The van der Waals surface area contributed by atoms with E-state index in [9.17, 15) is 9.59 Å². The highest BCUT2D eigenvalue weighted by Gasteiger charge is 2.34. The molecular formula is C12H14N2O3. The molecule has 2 atom stereocenters. The van der Waals surface area contributed by atoms with E-state index in [1.54, 1.807) is 12.4 Å². The third-order valence-corrected chi connectivity index (χ3v) is 2.99. The quantitative estimate of drug-likeness (QED) is 0.526. The van der Waals surface area contributed by atoms with Crippen LogP contribution >= 0.6 is 0 Å². The van der Waals surface area contributed by atoms with E-state index in [2.05, 4.69) is 9.73 Å². The Kier molecular flexibility index (Phi) is 3.37. The molecular weight excluding hydrogens is 220 g/mol. The first kappa shape index (κ1) is 11.6. The van der Waals surface area contributed by atoms with Crippen molar-refractivity contribution in [1.82, 2.24) is 4.90 Å². The number of ether oxygens (including phenoxy) is 1. The zero-order valence-electron chi connectivity index (χ0n) is 9.57. The van der Waals surface area contributed by atoms with Crippen LogP contribution in [0.1, 0.15) is 6.42 Å². The van der Waals surface area contributed by atoms with Crippen molar-refractivity contribution in [2.45, 2.75) is 12.5 Å². The molecule has 2 aliphatic rings. The van der Waals surface area contributed by atoms with Crippen molar-refractivity contribution < 1.29 is 14.3 Å². The van der Waals surface area contributed by atoms with Crippen LogP contribution in [0.15, 0.2) is 29.0 Å². The van der Waals surface area contributed by atoms with Gasteiger partial charge >= 0.3 is 5.97 Å². The van der Waals surface area contributed by atoms with Crippen molar-refractivity contribution in [3.63, 3.8) is 0 Å². The minimum atomic E-state index is -0.265. The number of rotatable bonds is 4. The fraction of sp³-hybridized carbons (Fsp3) is 0.417. The molecule has 5 nitrogen and oxygen atoms in total. The van der Waals surface area contributed by atoms with Gasteiger partial charge in [0.05, 0.1) is 26.1 Å². The number of aldehydes is 1. The minimum Gasteiger partial charge on any atom is -0.469 e. The highest BCUT2D eigenvalue weighted by molar-refractivity contribution is 5.76. The van der Waals surface area contributed by atoms with Crippen LogP contribution in [-0.2, 0) is 14.3 Å². The first-order chi connectivity index (χ1) is 8.26. The molecule has 0 fully saturated rings. The van der Waals surface area contributed by atoms with Crippen molar-refractivity contribution >= 4 is 18.5 Å². The Morgan fingerprint density at radius 1 is 1.65 bits per heavy atom. The topological polar surface area (TPSA) is 59.0 Å². The third-order valence-electron chi connectivity index (χ3n) is 2.99. The largest absolute Gasteiger partial charge is 0.469 e. The van der Waals surface area contributed by atoms with Crippen LogP contribution in [0.3, 0.4) is 0 Å². The van der Waals surface area contributed by atoms with E-state index >= 15 is 0 Å². The summed E-state index contributed by atoms with van der Waals surface area (Å²) in [4.78, 5) is 27.9. The van der Waals surface area contributed by atoms with Gasteiger partial charge in [-0.3, -0.25) is 9.79 Å². The van der Waals surface area contributed by atoms with Crippen molar-refractivity contribution in [1.29, 1.82) is 0 Å². The van der Waals surface area contributed by atoms with Gasteiger partial charge in [0.25, 0.3) is 0 Å². The highest BCUT2D eigenvalue weighted by Crippen LogP contribution is 2.32. The Morgan fingerprint density at radius 3 is 3.18 bits per heavy atom. The van der Waals surface area contributed by atoms with E-state index in [1.165, 1.54) is 7.11 Å². The van der Waals surface area contributed by atoms with Crippen LogP contribution in [0.4, 0.5) is 0 Å². The Labute approximate surface area is 99.5 Å². The summed E-state index contributed by atoms with van der Waals surface area (Å²) in [6.07, 6.45) is 8.43. The summed E-state index contributed by atoms with van der Waals surface area (Å²) in [6, 6.07) is 0.0462. The molecule has 0 aliphatic carbocycles. The van der Waals surface area contributed by atoms with E-state index < -0.39 is 0 Å². The normalized spacial score (nSPS) is 25.5. The number of carbonyl (C=O) groups is 2. The number of hydrogen-bond acceptors (Lipinski definition) is 5. The van der Waals surface area contributed by atoms with Gasteiger partial charge in [-0.25, -0.2) is 0 Å². The lowest BCUT2D eigenvalue weighted by Gasteiger charge is -2.25. The second-order valence-electron chi connectivity index (χ2n) is 3.98. The molecule has 0 saturated heterocycles. The summed E-state index contributed by atoms with van der Waals surface area (Å²) in [6.45, 7) is 0.311. The highest BCUT2D eigenvalue weighted by atomic mass is 16.5. The van der Waals surface area contributed by atoms with E-state index in [-0.39, 0.29) is 24.3 Å². The Morgan fingerprint density at radius 2 is 2.47 bits per heavy atom. The lowest BCUT2D eigenvalue weighted by Crippen LogP contribution is -2.35. The molecule has 0 N–H and O–H groups in total. The number of methoxy groups -OCH3 is 1. The van der Waals surface area contributed by atoms with Gasteiger partial charge in [0, 0.05) is 24.5 Å². The predicted octanol–water partition coefficient (Wildman–Crippen LogP) is 0.531. The monoisotopic (exact) mass is 234 g/mol. The third kappa shape index (κ3) is 2.27. The minimum absolute atomic E-state index is 0.0462. The van der Waals surface area contributed by atoms with Crippen molar-refractivity contribution in [3.05, 3.63) is 24.0 Å². The maximum Gasteiger partial charge on any atom is 0.309 e. The van der Waals surface area contributed by atoms with Crippen LogP contribution in [0.25, 0.3) is 0 Å². The van der Waals surface area contributed by atoms with Crippen molar-refractivity contribution in [2.24, 2.45) is 10.9 Å². The van der Waals surface area contributed by atoms with Gasteiger partial charge in [0.1, 0.15) is 6.29 Å². The molecule has 17 heavy (non-hydrogen) atoms. The SMILES string of the molecule is COC(=O)CC1=CN(CC=O)C2C=NC=CC12. The molecule has 0 amide bonds. The van der Waals surface area contributed by atoms with Crippen molar-refractivity contribution in [3.8, 4) is 0 Å². The second kappa shape index (κ2) is 4.95. The van der Waals surface area contributed by atoms with E-state index in [0.29, 0.717) is 6.54 Å². The smallest absolute Gasteiger partial charge is 0.309 e. The predicted molar refractivity (Wildman–Crippen MR) is 62.4 cm³/mol. The molecule has 5 heteroatoms. The van der Waals surface area contributed by atoms with E-state index in [1.807, 2.05) is 17.2 Å². The van der Waals surface area contributed by atoms with Gasteiger partial charge in [0.2, 0.25) is 0 Å². The summed E-state index contributed by atoms with van der Waals surface area (Å²) in [5.41, 5.74) is 0.964. The maximum atomic E-state index is 11.3. The lowest BCUT2D eigenvalue weighted by molar-refractivity contribution is -0.139. The number of esters is 1. The number of hydrogen-bond donors (Lipinski definition) is 0. The summed E-state index contributed by atoms with van der Waals surface area (Å²) in [5.74, 6) is -0.148. The van der Waals surface area contributed by atoms with E-state index in [0.717, 1.165) is 11.9 Å². The number of nitrogens with zero attached hydrogens (tertiary/aromatic N) is 2. The maximum absolute atomic E-state index is 11.3. The van der Waals surface area contributed by atoms with Crippen LogP contribution in [0.5, 0.6) is 0 Å². The first-order valence-electron chi connectivity index (χ1n) is 5.43. The first-order valence-corrected chi connectivity index (χ1v) is 5.43. The lowest BCUT2D eigenvalue weighted by atomic mass is 9.92. The molecule has 0 aromatic heterocycles. The molecule has 0 saturated carbocycles. The molecule has 0 spiro atoms. The fourth-order valence-corrected chi connectivity index (χ4v) is 2.17. The number of carbonyl (C=O) groups excluding carboxylic acids is 2. The summed E-state index contributed by atoms with van der Waals surface area (Å²) >= 11 is 0. The van der Waals surface area contributed by atoms with Crippen LogP contribution in [-0.4, -0.2) is 43.1 Å². The average molecular weight is 234 g/mol. The molecule has 2 unspecified atom stereocenters. The van der Waals surface area contributed by atoms with E-state index in [4.69, 9.17) is 0 Å². The van der Waals surface area contributed by atoms with Crippen LogP contribution < -0.4 is 0 Å². The molecule has 2 aliphatic heterocycles. The van der Waals surface area contributed by atoms with Gasteiger partial charge in [-0.15, -0.1) is 0 Å². The molecule has 0 aromatic rings. The van der Waals surface area contributed by atoms with Crippen LogP contribution in [0, 0.1) is 5.92 Å². The zero-order chi connectivity index (χ0) is 12.3. The van der Waals surface area contributed by atoms with Gasteiger partial charge in [-0.1, -0.05) is 6.08 Å². The number of fused-ring (bicyclic) bond motifs is 1. The standard InChI is InChI=1S/C12H14N2O3/c1-17-12(16)6-9-8-14(4-5-15)11-7-13-3-2-10(9)11/h2-3,5,7-8,10-11H,4,6H2,1H3. The molecule has 0 aromatic carbocycles. The average Bonchev–Trinajstić information content (AvgIpc) is 2.69. The van der Waals surface area contributed by atoms with Gasteiger partial charge in [-0.2, -0.15) is 0 Å². The fourth-order valence-electron chi connectivity index (χ4n) is 2.17. The Bertz CT molecular complexity index is 412. The van der Waals surface area contributed by atoms with Gasteiger partial charge in [0.15, 0.2) is 0 Å². The summed E-state index contributed by atoms with van der Waals surface area (Å²) < 4.78 is 4.66. The summed E-state index contributed by atoms with van der Waals surface area (Å²) in [5, 5.41) is 0. The molecule has 0 bridgehead atoms. The Hall–Kier alpha value is -1.91. The summed E-state index contributed by atoms with van der Waals surface area (Å²) in [7, 11) is 1.37. The second-order valence-corrected chi connectivity index (χ2v) is 3.98.